The van der Waals surface area contributed by atoms with Gasteiger partial charge in [-0.2, -0.15) is 0 Å². The number of hydrogen-bond acceptors (Lipinski definition) is 5. The van der Waals surface area contributed by atoms with Crippen LogP contribution in [0.1, 0.15) is 11.5 Å². The van der Waals surface area contributed by atoms with E-state index in [2.05, 4.69) is 0 Å². The average Bonchev–Trinajstić information content (AvgIpc) is 3.16. The fourth-order valence-electron chi connectivity index (χ4n) is 3.33. The predicted molar refractivity (Wildman–Crippen MR) is 121 cm³/mol. The van der Waals surface area contributed by atoms with E-state index in [0.717, 1.165) is 5.56 Å². The molecule has 3 aromatic carbocycles. The van der Waals surface area contributed by atoms with E-state index < -0.39 is 9.84 Å². The number of rotatable bonds is 6. The zero-order chi connectivity index (χ0) is 22.0. The number of halogens is 1. The van der Waals surface area contributed by atoms with Gasteiger partial charge in [-0.05, 0) is 29.8 Å². The van der Waals surface area contributed by atoms with Crippen molar-refractivity contribution in [1.82, 2.24) is 4.98 Å². The summed E-state index contributed by atoms with van der Waals surface area (Å²) in [4.78, 5) is 4.97. The lowest BCUT2D eigenvalue weighted by Crippen LogP contribution is -1.96. The van der Waals surface area contributed by atoms with Gasteiger partial charge in [-0.15, -0.1) is 0 Å². The third-order valence-electron chi connectivity index (χ3n) is 4.85. The SMILES string of the molecule is COc1cccc(Cl)c1-c1oc(Cc2ccccc2)nc1-c1ccc(S(C)(=O)=O)cc1. The van der Waals surface area contributed by atoms with Crippen molar-refractivity contribution in [3.63, 3.8) is 0 Å². The van der Waals surface area contributed by atoms with E-state index in [1.165, 1.54) is 6.26 Å². The van der Waals surface area contributed by atoms with Gasteiger partial charge in [0.05, 0.1) is 22.6 Å². The summed E-state index contributed by atoms with van der Waals surface area (Å²) in [6, 6.07) is 21.8. The molecular weight excluding hydrogens is 434 g/mol. The first-order valence-electron chi connectivity index (χ1n) is 9.54. The normalized spacial score (nSPS) is 11.5. The standard InChI is InChI=1S/C24H20ClNO4S/c1-29-20-10-6-9-19(25)22(20)24-23(17-11-13-18(14-12-17)31(2,27)28)26-21(30-24)15-16-7-4-3-5-8-16/h3-14H,15H2,1-2H3. The zero-order valence-electron chi connectivity index (χ0n) is 17.0. The van der Waals surface area contributed by atoms with Gasteiger partial charge in [0.1, 0.15) is 11.4 Å². The van der Waals surface area contributed by atoms with Gasteiger partial charge in [0.25, 0.3) is 0 Å². The van der Waals surface area contributed by atoms with Gasteiger partial charge in [-0.25, -0.2) is 13.4 Å². The highest BCUT2D eigenvalue weighted by Crippen LogP contribution is 2.42. The largest absolute Gasteiger partial charge is 0.496 e. The molecule has 0 amide bonds. The van der Waals surface area contributed by atoms with Crippen LogP contribution in [0.15, 0.2) is 82.1 Å². The number of methoxy groups -OCH3 is 1. The summed E-state index contributed by atoms with van der Waals surface area (Å²) in [6.07, 6.45) is 1.68. The first-order chi connectivity index (χ1) is 14.9. The van der Waals surface area contributed by atoms with E-state index >= 15 is 0 Å². The van der Waals surface area contributed by atoms with Crippen LogP contribution in [0.2, 0.25) is 5.02 Å². The molecule has 0 N–H and O–H groups in total. The van der Waals surface area contributed by atoms with Gasteiger partial charge in [0, 0.05) is 18.2 Å². The third-order valence-corrected chi connectivity index (χ3v) is 6.29. The van der Waals surface area contributed by atoms with Gasteiger partial charge in [0.2, 0.25) is 0 Å². The lowest BCUT2D eigenvalue weighted by molar-refractivity contribution is 0.414. The molecule has 0 aliphatic carbocycles. The van der Waals surface area contributed by atoms with Crippen molar-refractivity contribution in [3.8, 4) is 28.3 Å². The molecule has 5 nitrogen and oxygen atoms in total. The molecule has 0 unspecified atom stereocenters. The number of aromatic nitrogens is 1. The zero-order valence-corrected chi connectivity index (χ0v) is 18.6. The van der Waals surface area contributed by atoms with E-state index in [-0.39, 0.29) is 4.90 Å². The molecule has 1 aromatic heterocycles. The number of nitrogens with zero attached hydrogens (tertiary/aromatic N) is 1. The van der Waals surface area contributed by atoms with Crippen LogP contribution in [0.25, 0.3) is 22.6 Å². The summed E-state index contributed by atoms with van der Waals surface area (Å²) in [7, 11) is -1.74. The van der Waals surface area contributed by atoms with Crippen LogP contribution in [-0.4, -0.2) is 26.8 Å². The Hall–Kier alpha value is -3.09. The van der Waals surface area contributed by atoms with Crippen molar-refractivity contribution in [2.24, 2.45) is 0 Å². The van der Waals surface area contributed by atoms with Crippen LogP contribution in [0.4, 0.5) is 0 Å². The van der Waals surface area contributed by atoms with Crippen LogP contribution in [0, 0.1) is 0 Å². The Kier molecular flexibility index (Phi) is 5.85. The van der Waals surface area contributed by atoms with Crippen LogP contribution in [0.5, 0.6) is 5.75 Å². The fourth-order valence-corrected chi connectivity index (χ4v) is 4.21. The number of oxazole rings is 1. The molecule has 7 heteroatoms. The molecule has 0 bridgehead atoms. The summed E-state index contributed by atoms with van der Waals surface area (Å²) in [5.41, 5.74) is 2.94. The topological polar surface area (TPSA) is 69.4 Å². The van der Waals surface area contributed by atoms with E-state index in [1.807, 2.05) is 30.3 Å². The maximum atomic E-state index is 11.8. The average molecular weight is 454 g/mol. The first-order valence-corrected chi connectivity index (χ1v) is 11.8. The van der Waals surface area contributed by atoms with Gasteiger partial charge >= 0.3 is 0 Å². The Morgan fingerprint density at radius 1 is 0.968 bits per heavy atom. The molecule has 0 aliphatic rings. The van der Waals surface area contributed by atoms with Gasteiger partial charge in [-0.1, -0.05) is 60.1 Å². The maximum Gasteiger partial charge on any atom is 0.199 e. The smallest absolute Gasteiger partial charge is 0.199 e. The number of benzene rings is 3. The van der Waals surface area contributed by atoms with Crippen molar-refractivity contribution in [2.75, 3.05) is 13.4 Å². The fraction of sp³-hybridized carbons (Fsp3) is 0.125. The molecule has 4 aromatic rings. The Balaban J connectivity index is 1.87. The van der Waals surface area contributed by atoms with Crippen molar-refractivity contribution < 1.29 is 17.6 Å². The molecule has 1 heterocycles. The Morgan fingerprint density at radius 2 is 1.68 bits per heavy atom. The predicted octanol–water partition coefficient (Wildman–Crippen LogP) is 5.66. The summed E-state index contributed by atoms with van der Waals surface area (Å²) in [6.45, 7) is 0. The number of ether oxygens (including phenoxy) is 1. The van der Waals surface area contributed by atoms with E-state index in [4.69, 9.17) is 25.7 Å². The van der Waals surface area contributed by atoms with Crippen LogP contribution >= 0.6 is 11.6 Å². The molecular formula is C24H20ClNO4S. The minimum Gasteiger partial charge on any atom is -0.496 e. The van der Waals surface area contributed by atoms with Crippen molar-refractivity contribution in [3.05, 3.63) is 89.3 Å². The second-order valence-electron chi connectivity index (χ2n) is 7.06. The molecule has 0 spiro atoms. The molecule has 0 saturated carbocycles. The highest BCUT2D eigenvalue weighted by Gasteiger charge is 2.23. The number of hydrogen-bond donors (Lipinski definition) is 0. The lowest BCUT2D eigenvalue weighted by Gasteiger charge is -2.09. The summed E-state index contributed by atoms with van der Waals surface area (Å²) in [5.74, 6) is 1.55. The minimum absolute atomic E-state index is 0.237. The second kappa shape index (κ2) is 8.57. The molecule has 31 heavy (non-hydrogen) atoms. The second-order valence-corrected chi connectivity index (χ2v) is 9.48. The first kappa shape index (κ1) is 21.2. The van der Waals surface area contributed by atoms with Crippen molar-refractivity contribution >= 4 is 21.4 Å². The summed E-state index contributed by atoms with van der Waals surface area (Å²) >= 11 is 6.51. The van der Waals surface area contributed by atoms with Crippen LogP contribution < -0.4 is 4.74 Å². The number of sulfone groups is 1. The van der Waals surface area contributed by atoms with E-state index in [1.54, 1.807) is 49.6 Å². The molecule has 0 aliphatic heterocycles. The quantitative estimate of drug-likeness (QED) is 0.376. The van der Waals surface area contributed by atoms with Crippen LogP contribution in [0.3, 0.4) is 0 Å². The van der Waals surface area contributed by atoms with Crippen molar-refractivity contribution in [2.45, 2.75) is 11.3 Å². The summed E-state index contributed by atoms with van der Waals surface area (Å²) < 4.78 is 35.4. The Labute approximate surface area is 186 Å². The summed E-state index contributed by atoms with van der Waals surface area (Å²) in [5, 5.41) is 0.468. The van der Waals surface area contributed by atoms with Gasteiger partial charge in [-0.3, -0.25) is 0 Å². The minimum atomic E-state index is -3.30. The van der Waals surface area contributed by atoms with Gasteiger partial charge in [0.15, 0.2) is 21.5 Å². The maximum absolute atomic E-state index is 11.8. The molecule has 0 fully saturated rings. The monoisotopic (exact) mass is 453 g/mol. The highest BCUT2D eigenvalue weighted by atomic mass is 35.5. The molecule has 0 radical (unpaired) electrons. The highest BCUT2D eigenvalue weighted by molar-refractivity contribution is 7.90. The van der Waals surface area contributed by atoms with Crippen molar-refractivity contribution in [1.29, 1.82) is 0 Å². The molecule has 158 valence electrons. The van der Waals surface area contributed by atoms with Crippen LogP contribution in [-0.2, 0) is 16.3 Å². The Bertz CT molecular complexity index is 1310. The van der Waals surface area contributed by atoms with Gasteiger partial charge < -0.3 is 9.15 Å². The molecule has 0 saturated heterocycles. The molecule has 4 rings (SSSR count). The third kappa shape index (κ3) is 4.50. The van der Waals surface area contributed by atoms with E-state index in [9.17, 15) is 8.42 Å². The molecule has 0 atom stereocenters. The van der Waals surface area contributed by atoms with E-state index in [0.29, 0.717) is 45.7 Å². The Morgan fingerprint density at radius 3 is 2.32 bits per heavy atom. The lowest BCUT2D eigenvalue weighted by atomic mass is 10.0.